The van der Waals surface area contributed by atoms with Crippen molar-refractivity contribution in [3.05, 3.63) is 70.8 Å². The van der Waals surface area contributed by atoms with Gasteiger partial charge in [0.2, 0.25) is 5.91 Å². The molecule has 1 aliphatic rings. The number of carbonyl (C=O) groups excluding carboxylic acids is 1. The van der Waals surface area contributed by atoms with E-state index < -0.39 is 5.97 Å². The fourth-order valence-corrected chi connectivity index (χ4v) is 3.38. The number of fused-ring (bicyclic) bond motifs is 1. The molecule has 0 radical (unpaired) electrons. The van der Waals surface area contributed by atoms with Crippen LogP contribution in [-0.4, -0.2) is 35.0 Å². The first-order valence-electron chi connectivity index (χ1n) is 8.20. The zero-order valence-corrected chi connectivity index (χ0v) is 13.7. The van der Waals surface area contributed by atoms with Gasteiger partial charge in [-0.25, -0.2) is 4.79 Å². The van der Waals surface area contributed by atoms with Crippen LogP contribution in [0.15, 0.2) is 48.5 Å². The third kappa shape index (κ3) is 3.32. The van der Waals surface area contributed by atoms with E-state index >= 15 is 0 Å². The second-order valence-corrected chi connectivity index (χ2v) is 6.30. The van der Waals surface area contributed by atoms with E-state index in [4.69, 9.17) is 0 Å². The molecule has 24 heavy (non-hydrogen) atoms. The van der Waals surface area contributed by atoms with E-state index in [1.54, 1.807) is 18.2 Å². The lowest BCUT2D eigenvalue weighted by atomic mass is 10.0. The van der Waals surface area contributed by atoms with Gasteiger partial charge in [0.1, 0.15) is 0 Å². The summed E-state index contributed by atoms with van der Waals surface area (Å²) in [7, 11) is 1.85. The number of aromatic carboxylic acids is 1. The number of nitrogens with zero attached hydrogens (tertiary/aromatic N) is 1. The van der Waals surface area contributed by atoms with E-state index in [1.807, 2.05) is 30.1 Å². The Morgan fingerprint density at radius 3 is 2.25 bits per heavy atom. The quantitative estimate of drug-likeness (QED) is 0.920. The van der Waals surface area contributed by atoms with Crippen LogP contribution < -0.4 is 0 Å². The third-order valence-corrected chi connectivity index (χ3v) is 4.83. The van der Waals surface area contributed by atoms with Crippen molar-refractivity contribution in [3.63, 3.8) is 0 Å². The molecule has 2 aromatic carbocycles. The van der Waals surface area contributed by atoms with Crippen LogP contribution in [0.4, 0.5) is 0 Å². The van der Waals surface area contributed by atoms with E-state index in [9.17, 15) is 14.7 Å². The van der Waals surface area contributed by atoms with Crippen molar-refractivity contribution in [1.29, 1.82) is 0 Å². The van der Waals surface area contributed by atoms with Gasteiger partial charge < -0.3 is 10.0 Å². The summed E-state index contributed by atoms with van der Waals surface area (Å²) in [5.41, 5.74) is 3.62. The molecule has 0 saturated carbocycles. The van der Waals surface area contributed by atoms with Gasteiger partial charge in [0, 0.05) is 19.5 Å². The van der Waals surface area contributed by atoms with Gasteiger partial charge in [-0.3, -0.25) is 4.79 Å². The van der Waals surface area contributed by atoms with E-state index in [2.05, 4.69) is 12.1 Å². The molecule has 0 heterocycles. The minimum absolute atomic E-state index is 0.0630. The largest absolute Gasteiger partial charge is 0.478 e. The summed E-state index contributed by atoms with van der Waals surface area (Å²) in [6.07, 6.45) is 2.56. The lowest BCUT2D eigenvalue weighted by Gasteiger charge is -2.24. The summed E-state index contributed by atoms with van der Waals surface area (Å²) in [5.74, 6) is -0.884. The second-order valence-electron chi connectivity index (χ2n) is 6.30. The van der Waals surface area contributed by atoms with Crippen LogP contribution in [0.25, 0.3) is 0 Å². The molecule has 124 valence electrons. The fraction of sp³-hybridized carbons (Fsp3) is 0.300. The van der Waals surface area contributed by atoms with Gasteiger partial charge >= 0.3 is 5.97 Å². The van der Waals surface area contributed by atoms with Gasteiger partial charge in [0.05, 0.1) is 5.56 Å². The monoisotopic (exact) mass is 323 g/mol. The molecule has 0 unspecified atom stereocenters. The van der Waals surface area contributed by atoms with Crippen LogP contribution in [0, 0.1) is 0 Å². The Balaban J connectivity index is 1.61. The Morgan fingerprint density at radius 1 is 1.04 bits per heavy atom. The predicted molar refractivity (Wildman–Crippen MR) is 92.1 cm³/mol. The summed E-state index contributed by atoms with van der Waals surface area (Å²) in [5, 5.41) is 9.22. The maximum Gasteiger partial charge on any atom is 0.335 e. The number of carboxylic acid groups (broad SMARTS) is 1. The van der Waals surface area contributed by atoms with Crippen LogP contribution in [0.2, 0.25) is 0 Å². The molecule has 4 nitrogen and oxygen atoms in total. The molecule has 0 saturated heterocycles. The topological polar surface area (TPSA) is 57.6 Å². The van der Waals surface area contributed by atoms with Crippen LogP contribution in [0.1, 0.15) is 33.5 Å². The summed E-state index contributed by atoms with van der Waals surface area (Å²) >= 11 is 0. The number of hydrogen-bond acceptors (Lipinski definition) is 2. The van der Waals surface area contributed by atoms with Crippen molar-refractivity contribution in [1.82, 2.24) is 4.90 Å². The van der Waals surface area contributed by atoms with E-state index in [1.165, 1.54) is 11.1 Å². The first-order chi connectivity index (χ1) is 11.6. The molecule has 2 aromatic rings. The number of benzene rings is 2. The SMILES string of the molecule is CN(C(=O)CCc1ccccc1C(=O)O)C1Cc2ccccc2C1. The zero-order valence-electron chi connectivity index (χ0n) is 13.7. The standard InChI is InChI=1S/C20H21NO3/c1-21(17-12-15-7-2-3-8-16(15)13-17)19(22)11-10-14-6-4-5-9-18(14)20(23)24/h2-9,17H,10-13H2,1H3,(H,23,24). The Bertz CT molecular complexity index is 744. The molecule has 3 rings (SSSR count). The third-order valence-electron chi connectivity index (χ3n) is 4.83. The van der Waals surface area contributed by atoms with Gasteiger partial charge in [-0.15, -0.1) is 0 Å². The van der Waals surface area contributed by atoms with Crippen molar-refractivity contribution in [2.75, 3.05) is 7.05 Å². The maximum absolute atomic E-state index is 12.5. The van der Waals surface area contributed by atoms with Crippen molar-refractivity contribution in [2.45, 2.75) is 31.7 Å². The highest BCUT2D eigenvalue weighted by Gasteiger charge is 2.27. The molecule has 0 bridgehead atoms. The van der Waals surface area contributed by atoms with Crippen LogP contribution in [0.5, 0.6) is 0 Å². The minimum Gasteiger partial charge on any atom is -0.478 e. The molecule has 1 aliphatic carbocycles. The molecule has 1 N–H and O–H groups in total. The average molecular weight is 323 g/mol. The van der Waals surface area contributed by atoms with Crippen molar-refractivity contribution in [2.24, 2.45) is 0 Å². The van der Waals surface area contributed by atoms with E-state index in [0.29, 0.717) is 18.4 Å². The highest BCUT2D eigenvalue weighted by atomic mass is 16.4. The maximum atomic E-state index is 12.5. The number of aryl methyl sites for hydroxylation is 1. The minimum atomic E-state index is -0.947. The van der Waals surface area contributed by atoms with Gasteiger partial charge in [0.15, 0.2) is 0 Å². The summed E-state index contributed by atoms with van der Waals surface area (Å²) in [6, 6.07) is 15.4. The zero-order chi connectivity index (χ0) is 17.1. The number of carboxylic acids is 1. The van der Waals surface area contributed by atoms with Gasteiger partial charge in [-0.2, -0.15) is 0 Å². The smallest absolute Gasteiger partial charge is 0.335 e. The number of rotatable bonds is 5. The van der Waals surface area contributed by atoms with Crippen molar-refractivity contribution >= 4 is 11.9 Å². The molecule has 0 aromatic heterocycles. The number of likely N-dealkylation sites (N-methyl/N-ethyl adjacent to an activating group) is 1. The lowest BCUT2D eigenvalue weighted by Crippen LogP contribution is -2.37. The molecule has 0 aliphatic heterocycles. The first-order valence-corrected chi connectivity index (χ1v) is 8.20. The highest BCUT2D eigenvalue weighted by Crippen LogP contribution is 2.25. The first kappa shape index (κ1) is 16.2. The van der Waals surface area contributed by atoms with Gasteiger partial charge in [0.25, 0.3) is 0 Å². The van der Waals surface area contributed by atoms with Crippen LogP contribution >= 0.6 is 0 Å². The normalized spacial score (nSPS) is 13.5. The second kappa shape index (κ2) is 6.87. The fourth-order valence-electron chi connectivity index (χ4n) is 3.38. The number of hydrogen-bond donors (Lipinski definition) is 1. The lowest BCUT2D eigenvalue weighted by molar-refractivity contribution is -0.131. The number of carbonyl (C=O) groups is 2. The van der Waals surface area contributed by atoms with E-state index in [-0.39, 0.29) is 17.5 Å². The molecule has 1 amide bonds. The molecule has 0 fully saturated rings. The van der Waals surface area contributed by atoms with Gasteiger partial charge in [-0.1, -0.05) is 42.5 Å². The van der Waals surface area contributed by atoms with Crippen molar-refractivity contribution < 1.29 is 14.7 Å². The highest BCUT2D eigenvalue weighted by molar-refractivity contribution is 5.89. The van der Waals surface area contributed by atoms with E-state index in [0.717, 1.165) is 12.8 Å². The van der Waals surface area contributed by atoms with Gasteiger partial charge in [-0.05, 0) is 42.0 Å². The molecule has 0 spiro atoms. The Kier molecular flexibility index (Phi) is 4.65. The number of amides is 1. The molecule has 0 atom stereocenters. The molecular weight excluding hydrogens is 302 g/mol. The average Bonchev–Trinajstić information content (AvgIpc) is 3.03. The van der Waals surface area contributed by atoms with Crippen LogP contribution in [-0.2, 0) is 24.1 Å². The molecular formula is C20H21NO3. The Labute approximate surface area is 141 Å². The summed E-state index contributed by atoms with van der Waals surface area (Å²) in [6.45, 7) is 0. The molecule has 4 heteroatoms. The Hall–Kier alpha value is -2.62. The van der Waals surface area contributed by atoms with Crippen LogP contribution in [0.3, 0.4) is 0 Å². The Morgan fingerprint density at radius 2 is 1.62 bits per heavy atom. The summed E-state index contributed by atoms with van der Waals surface area (Å²) in [4.78, 5) is 25.6. The summed E-state index contributed by atoms with van der Waals surface area (Å²) < 4.78 is 0. The predicted octanol–water partition coefficient (Wildman–Crippen LogP) is 2.94. The van der Waals surface area contributed by atoms with Crippen molar-refractivity contribution in [3.8, 4) is 0 Å².